The molecule has 0 amide bonds. The molecule has 23 heavy (non-hydrogen) atoms. The largest absolute Gasteiger partial charge is 0.345 e. The van der Waals surface area contributed by atoms with Crippen molar-refractivity contribution < 1.29 is 0 Å². The lowest BCUT2D eigenvalue weighted by molar-refractivity contribution is 0.111. The normalized spacial score (nSPS) is 23.3. The van der Waals surface area contributed by atoms with Crippen LogP contribution in [0, 0.1) is 5.92 Å². The molecule has 1 aliphatic heterocycles. The molecule has 4 rings (SSSR count). The fourth-order valence-corrected chi connectivity index (χ4v) is 3.76. The molecule has 2 unspecified atom stereocenters. The highest BCUT2D eigenvalue weighted by molar-refractivity contribution is 5.75. The van der Waals surface area contributed by atoms with Crippen LogP contribution in [0.1, 0.15) is 25.1 Å². The first-order chi connectivity index (χ1) is 11.1. The van der Waals surface area contributed by atoms with Gasteiger partial charge in [-0.15, -0.1) is 0 Å². The van der Waals surface area contributed by atoms with Crippen molar-refractivity contribution in [2.24, 2.45) is 5.92 Å². The zero-order valence-corrected chi connectivity index (χ0v) is 14.0. The van der Waals surface area contributed by atoms with Gasteiger partial charge in [0.15, 0.2) is 5.65 Å². The van der Waals surface area contributed by atoms with Crippen LogP contribution < -0.4 is 0 Å². The Morgan fingerprint density at radius 2 is 2.13 bits per heavy atom. The van der Waals surface area contributed by atoms with E-state index >= 15 is 0 Å². The van der Waals surface area contributed by atoms with Crippen LogP contribution in [-0.2, 0) is 0 Å². The molecule has 1 aliphatic rings. The van der Waals surface area contributed by atoms with Gasteiger partial charge in [-0.3, -0.25) is 14.2 Å². The SMILES string of the molecule is CC1CCN(CN(C)C)CC1c1ncc2cnc3[nH]ccc3n12. The van der Waals surface area contributed by atoms with Crippen LogP contribution in [0.5, 0.6) is 0 Å². The van der Waals surface area contributed by atoms with Crippen LogP contribution in [0.4, 0.5) is 0 Å². The highest BCUT2D eigenvalue weighted by Gasteiger charge is 2.30. The molecule has 0 bridgehead atoms. The molecular weight excluding hydrogens is 288 g/mol. The van der Waals surface area contributed by atoms with Crippen molar-refractivity contribution in [3.8, 4) is 0 Å². The quantitative estimate of drug-likeness (QED) is 0.805. The minimum absolute atomic E-state index is 0.451. The Morgan fingerprint density at radius 3 is 2.96 bits per heavy atom. The lowest BCUT2D eigenvalue weighted by Gasteiger charge is -2.37. The van der Waals surface area contributed by atoms with Gasteiger partial charge in [-0.2, -0.15) is 0 Å². The Morgan fingerprint density at radius 1 is 1.30 bits per heavy atom. The first-order valence-corrected chi connectivity index (χ1v) is 8.30. The number of hydrogen-bond donors (Lipinski definition) is 1. The molecule has 0 saturated carbocycles. The van der Waals surface area contributed by atoms with Gasteiger partial charge in [0.05, 0.1) is 30.1 Å². The zero-order chi connectivity index (χ0) is 16.0. The summed E-state index contributed by atoms with van der Waals surface area (Å²) in [7, 11) is 4.26. The number of aromatic amines is 1. The molecule has 1 fully saturated rings. The second kappa shape index (κ2) is 5.62. The summed E-state index contributed by atoms with van der Waals surface area (Å²) in [6, 6.07) is 2.09. The van der Waals surface area contributed by atoms with Gasteiger partial charge in [-0.1, -0.05) is 6.92 Å². The van der Waals surface area contributed by atoms with Gasteiger partial charge >= 0.3 is 0 Å². The van der Waals surface area contributed by atoms with Gasteiger partial charge in [0.25, 0.3) is 0 Å². The smallest absolute Gasteiger partial charge is 0.154 e. The average Bonchev–Trinajstić information content (AvgIpc) is 3.13. The molecule has 6 heteroatoms. The molecule has 122 valence electrons. The molecule has 1 saturated heterocycles. The standard InChI is InChI=1S/C17H24N6/c1-12-5-7-22(11-21(2)3)10-14(12)17-20-9-13-8-19-16-15(23(13)17)4-6-18-16/h4,6,8-9,12,14,18H,5,7,10-11H2,1-3H3. The Labute approximate surface area is 136 Å². The van der Waals surface area contributed by atoms with Crippen LogP contribution in [-0.4, -0.2) is 63.0 Å². The Balaban J connectivity index is 1.76. The van der Waals surface area contributed by atoms with E-state index in [-0.39, 0.29) is 0 Å². The third kappa shape index (κ3) is 2.52. The van der Waals surface area contributed by atoms with E-state index in [0.717, 1.165) is 29.9 Å². The maximum Gasteiger partial charge on any atom is 0.154 e. The molecule has 3 aromatic heterocycles. The molecule has 0 spiro atoms. The average molecular weight is 312 g/mol. The molecule has 3 aromatic rings. The molecule has 2 atom stereocenters. The lowest BCUT2D eigenvalue weighted by Crippen LogP contribution is -2.43. The second-order valence-corrected chi connectivity index (χ2v) is 7.02. The third-order valence-electron chi connectivity index (χ3n) is 4.94. The van der Waals surface area contributed by atoms with Crippen molar-refractivity contribution >= 4 is 16.7 Å². The minimum Gasteiger partial charge on any atom is -0.345 e. The Hall–Kier alpha value is -1.92. The highest BCUT2D eigenvalue weighted by Crippen LogP contribution is 2.32. The molecule has 0 aromatic carbocycles. The van der Waals surface area contributed by atoms with E-state index in [1.807, 2.05) is 18.6 Å². The summed E-state index contributed by atoms with van der Waals surface area (Å²) < 4.78 is 2.28. The minimum atomic E-state index is 0.451. The summed E-state index contributed by atoms with van der Waals surface area (Å²) in [5.74, 6) is 2.26. The van der Waals surface area contributed by atoms with E-state index in [0.29, 0.717) is 11.8 Å². The zero-order valence-electron chi connectivity index (χ0n) is 14.0. The van der Waals surface area contributed by atoms with Gasteiger partial charge in [-0.25, -0.2) is 9.97 Å². The summed E-state index contributed by atoms with van der Waals surface area (Å²) in [6.07, 6.45) is 7.02. The first kappa shape index (κ1) is 14.7. The van der Waals surface area contributed by atoms with Gasteiger partial charge in [0.1, 0.15) is 5.82 Å². The summed E-state index contributed by atoms with van der Waals surface area (Å²) in [5, 5.41) is 0. The van der Waals surface area contributed by atoms with Crippen molar-refractivity contribution in [1.29, 1.82) is 0 Å². The van der Waals surface area contributed by atoms with Crippen LogP contribution in [0.15, 0.2) is 24.7 Å². The van der Waals surface area contributed by atoms with Crippen molar-refractivity contribution in [2.45, 2.75) is 19.3 Å². The van der Waals surface area contributed by atoms with Crippen molar-refractivity contribution in [3.05, 3.63) is 30.5 Å². The number of H-pyrrole nitrogens is 1. The number of fused-ring (bicyclic) bond motifs is 3. The Bertz CT molecular complexity index is 817. The number of imidazole rings is 1. The first-order valence-electron chi connectivity index (χ1n) is 8.30. The van der Waals surface area contributed by atoms with Crippen LogP contribution in [0.3, 0.4) is 0 Å². The number of aromatic nitrogens is 4. The monoisotopic (exact) mass is 312 g/mol. The number of rotatable bonds is 3. The number of likely N-dealkylation sites (tertiary alicyclic amines) is 1. The summed E-state index contributed by atoms with van der Waals surface area (Å²) in [6.45, 7) is 5.59. The molecule has 1 N–H and O–H groups in total. The fraction of sp³-hybridized carbons (Fsp3) is 0.529. The molecule has 0 radical (unpaired) electrons. The van der Waals surface area contributed by atoms with Crippen LogP contribution in [0.25, 0.3) is 16.7 Å². The topological polar surface area (TPSA) is 52.5 Å². The highest BCUT2D eigenvalue weighted by atomic mass is 15.3. The molecule has 0 aliphatic carbocycles. The van der Waals surface area contributed by atoms with Crippen LogP contribution >= 0.6 is 0 Å². The summed E-state index contributed by atoms with van der Waals surface area (Å²) >= 11 is 0. The molecule has 4 heterocycles. The van der Waals surface area contributed by atoms with E-state index in [1.165, 1.54) is 18.8 Å². The number of hydrogen-bond acceptors (Lipinski definition) is 4. The predicted octanol–water partition coefficient (Wildman–Crippen LogP) is 2.16. The molecule has 6 nitrogen and oxygen atoms in total. The van der Waals surface area contributed by atoms with E-state index in [2.05, 4.69) is 51.3 Å². The van der Waals surface area contributed by atoms with Gasteiger partial charge in [-0.05, 0) is 39.0 Å². The van der Waals surface area contributed by atoms with E-state index < -0.39 is 0 Å². The van der Waals surface area contributed by atoms with Crippen molar-refractivity contribution in [2.75, 3.05) is 33.9 Å². The van der Waals surface area contributed by atoms with Gasteiger partial charge in [0, 0.05) is 18.7 Å². The third-order valence-corrected chi connectivity index (χ3v) is 4.94. The Kier molecular flexibility index (Phi) is 3.58. The van der Waals surface area contributed by atoms with Crippen LogP contribution in [0.2, 0.25) is 0 Å². The van der Waals surface area contributed by atoms with E-state index in [9.17, 15) is 0 Å². The van der Waals surface area contributed by atoms with Crippen molar-refractivity contribution in [1.82, 2.24) is 29.2 Å². The maximum atomic E-state index is 4.78. The second-order valence-electron chi connectivity index (χ2n) is 7.02. The molecular formula is C17H24N6. The number of nitrogens with one attached hydrogen (secondary N) is 1. The van der Waals surface area contributed by atoms with Gasteiger partial charge in [0.2, 0.25) is 0 Å². The fourth-order valence-electron chi connectivity index (χ4n) is 3.76. The maximum absolute atomic E-state index is 4.78. The number of nitrogens with zero attached hydrogens (tertiary/aromatic N) is 5. The van der Waals surface area contributed by atoms with Crippen molar-refractivity contribution in [3.63, 3.8) is 0 Å². The van der Waals surface area contributed by atoms with Gasteiger partial charge < -0.3 is 4.98 Å². The number of piperidine rings is 1. The van der Waals surface area contributed by atoms with E-state index in [4.69, 9.17) is 4.98 Å². The predicted molar refractivity (Wildman–Crippen MR) is 91.5 cm³/mol. The summed E-state index contributed by atoms with van der Waals surface area (Å²) in [4.78, 5) is 17.2. The van der Waals surface area contributed by atoms with E-state index in [1.54, 1.807) is 0 Å². The summed E-state index contributed by atoms with van der Waals surface area (Å²) in [5.41, 5.74) is 3.11. The lowest BCUT2D eigenvalue weighted by atomic mass is 9.86.